The molecule has 0 bridgehead atoms. The first kappa shape index (κ1) is 16.5. The first-order chi connectivity index (χ1) is 10.1. The summed E-state index contributed by atoms with van der Waals surface area (Å²) >= 11 is 0. The molecule has 108 valence electrons. The molecule has 0 aliphatic carbocycles. The van der Waals surface area contributed by atoms with Gasteiger partial charge in [-0.1, -0.05) is 23.8 Å². The molecule has 0 saturated carbocycles. The van der Waals surface area contributed by atoms with Crippen LogP contribution in [0.4, 0.5) is 0 Å². The van der Waals surface area contributed by atoms with Gasteiger partial charge in [0.1, 0.15) is 6.61 Å². The molecule has 4 heteroatoms. The fourth-order valence-electron chi connectivity index (χ4n) is 1.77. The summed E-state index contributed by atoms with van der Waals surface area (Å²) in [6.07, 6.45) is 14.8. The number of phenolic OH excluding ortho intramolecular Hbond substituents is 1. The van der Waals surface area contributed by atoms with Crippen molar-refractivity contribution in [1.29, 1.82) is 0 Å². The Morgan fingerprint density at radius 1 is 1.14 bits per heavy atom. The van der Waals surface area contributed by atoms with Crippen LogP contribution in [0, 0.1) is 37.0 Å². The average Bonchev–Trinajstić information content (AvgIpc) is 2.47. The SMILES string of the molecule is C#CCOc1cc(C(O)CN(CC#C)CC#C)ccc1O. The molecule has 0 aliphatic rings. The van der Waals surface area contributed by atoms with Crippen LogP contribution in [0.15, 0.2) is 18.2 Å². The average molecular weight is 283 g/mol. The van der Waals surface area contributed by atoms with E-state index in [4.69, 9.17) is 24.0 Å². The standard InChI is InChI=1S/C17H17NO3/c1-4-9-18(10-5-2)13-16(20)14-7-8-15(19)17(12-14)21-11-6-3/h1-3,7-8,12,16,19-20H,9-11,13H2. The molecule has 0 amide bonds. The van der Waals surface area contributed by atoms with Crippen LogP contribution in [0.25, 0.3) is 0 Å². The minimum Gasteiger partial charge on any atom is -0.504 e. The van der Waals surface area contributed by atoms with Crippen molar-refractivity contribution in [2.45, 2.75) is 6.10 Å². The predicted molar refractivity (Wildman–Crippen MR) is 81.5 cm³/mol. The Morgan fingerprint density at radius 2 is 1.81 bits per heavy atom. The largest absolute Gasteiger partial charge is 0.504 e. The number of aliphatic hydroxyl groups excluding tert-OH is 1. The highest BCUT2D eigenvalue weighted by Gasteiger charge is 2.14. The maximum absolute atomic E-state index is 10.2. The number of terminal acetylenes is 3. The van der Waals surface area contributed by atoms with Crippen molar-refractivity contribution in [2.24, 2.45) is 0 Å². The number of hydrogen-bond acceptors (Lipinski definition) is 4. The highest BCUT2D eigenvalue weighted by Crippen LogP contribution is 2.29. The van der Waals surface area contributed by atoms with Crippen LogP contribution in [0.2, 0.25) is 0 Å². The normalized spacial score (nSPS) is 11.2. The molecule has 1 aromatic rings. The molecule has 1 rings (SSSR count). The molecule has 0 spiro atoms. The minimum absolute atomic E-state index is 0.0351. The summed E-state index contributed by atoms with van der Waals surface area (Å²) in [6, 6.07) is 4.59. The first-order valence-electron chi connectivity index (χ1n) is 6.28. The molecule has 0 heterocycles. The van der Waals surface area contributed by atoms with Gasteiger partial charge in [0.05, 0.1) is 19.2 Å². The van der Waals surface area contributed by atoms with Gasteiger partial charge in [0.15, 0.2) is 11.5 Å². The Hall–Kier alpha value is -2.58. The third-order valence-electron chi connectivity index (χ3n) is 2.74. The van der Waals surface area contributed by atoms with E-state index in [0.717, 1.165) is 0 Å². The lowest BCUT2D eigenvalue weighted by molar-refractivity contribution is 0.127. The summed E-state index contributed by atoms with van der Waals surface area (Å²) in [4.78, 5) is 1.76. The molecule has 2 N–H and O–H groups in total. The van der Waals surface area contributed by atoms with E-state index in [1.54, 1.807) is 17.0 Å². The number of ether oxygens (including phenoxy) is 1. The van der Waals surface area contributed by atoms with Crippen molar-refractivity contribution in [3.05, 3.63) is 23.8 Å². The third-order valence-corrected chi connectivity index (χ3v) is 2.74. The van der Waals surface area contributed by atoms with Gasteiger partial charge in [0.2, 0.25) is 0 Å². The topological polar surface area (TPSA) is 52.9 Å². The lowest BCUT2D eigenvalue weighted by Crippen LogP contribution is -2.29. The molecule has 21 heavy (non-hydrogen) atoms. The van der Waals surface area contributed by atoms with Gasteiger partial charge in [-0.05, 0) is 17.7 Å². The van der Waals surface area contributed by atoms with Crippen LogP contribution in [-0.4, -0.2) is 41.4 Å². The van der Waals surface area contributed by atoms with Crippen molar-refractivity contribution in [1.82, 2.24) is 4.90 Å². The number of aliphatic hydroxyl groups is 1. The minimum atomic E-state index is -0.805. The summed E-state index contributed by atoms with van der Waals surface area (Å²) in [5.41, 5.74) is 0.582. The number of rotatable bonds is 7. The summed E-state index contributed by atoms with van der Waals surface area (Å²) in [5, 5.41) is 19.9. The Labute approximate surface area is 125 Å². The molecule has 1 aromatic carbocycles. The van der Waals surface area contributed by atoms with E-state index in [2.05, 4.69) is 17.8 Å². The molecular formula is C17H17NO3. The number of hydrogen-bond donors (Lipinski definition) is 2. The van der Waals surface area contributed by atoms with E-state index in [-0.39, 0.29) is 24.7 Å². The van der Waals surface area contributed by atoms with Crippen molar-refractivity contribution in [2.75, 3.05) is 26.2 Å². The molecule has 1 atom stereocenters. The van der Waals surface area contributed by atoms with Crippen LogP contribution in [-0.2, 0) is 0 Å². The van der Waals surface area contributed by atoms with E-state index in [1.807, 2.05) is 0 Å². The van der Waals surface area contributed by atoms with Crippen LogP contribution in [0.3, 0.4) is 0 Å². The zero-order valence-corrected chi connectivity index (χ0v) is 11.6. The van der Waals surface area contributed by atoms with Crippen molar-refractivity contribution in [3.63, 3.8) is 0 Å². The van der Waals surface area contributed by atoms with Crippen molar-refractivity contribution >= 4 is 0 Å². The summed E-state index contributed by atoms with van der Waals surface area (Å²) in [5.74, 6) is 7.48. The zero-order valence-electron chi connectivity index (χ0n) is 11.6. The summed E-state index contributed by atoms with van der Waals surface area (Å²) in [7, 11) is 0. The van der Waals surface area contributed by atoms with Gasteiger partial charge < -0.3 is 14.9 Å². The molecule has 1 unspecified atom stereocenters. The van der Waals surface area contributed by atoms with Crippen LogP contribution >= 0.6 is 0 Å². The van der Waals surface area contributed by atoms with E-state index in [1.165, 1.54) is 6.07 Å². The van der Waals surface area contributed by atoms with E-state index in [0.29, 0.717) is 18.7 Å². The number of aromatic hydroxyl groups is 1. The highest BCUT2D eigenvalue weighted by molar-refractivity contribution is 5.42. The molecular weight excluding hydrogens is 266 g/mol. The lowest BCUT2D eigenvalue weighted by Gasteiger charge is -2.21. The zero-order chi connectivity index (χ0) is 15.7. The Bertz CT molecular complexity index is 574. The molecule has 0 aliphatic heterocycles. The second-order valence-corrected chi connectivity index (χ2v) is 4.31. The summed E-state index contributed by atoms with van der Waals surface area (Å²) in [6.45, 7) is 1.01. The van der Waals surface area contributed by atoms with Gasteiger partial charge in [-0.3, -0.25) is 4.90 Å². The van der Waals surface area contributed by atoms with Crippen LogP contribution in [0.1, 0.15) is 11.7 Å². The van der Waals surface area contributed by atoms with Gasteiger partial charge in [-0.25, -0.2) is 0 Å². The molecule has 0 saturated heterocycles. The fourth-order valence-corrected chi connectivity index (χ4v) is 1.77. The van der Waals surface area contributed by atoms with E-state index >= 15 is 0 Å². The van der Waals surface area contributed by atoms with Crippen molar-refractivity contribution in [3.8, 4) is 48.5 Å². The molecule has 4 nitrogen and oxygen atoms in total. The number of phenols is 1. The molecule has 0 radical (unpaired) electrons. The predicted octanol–water partition coefficient (Wildman–Crippen LogP) is 1.01. The highest BCUT2D eigenvalue weighted by atomic mass is 16.5. The van der Waals surface area contributed by atoms with Crippen molar-refractivity contribution < 1.29 is 14.9 Å². The maximum atomic E-state index is 10.2. The maximum Gasteiger partial charge on any atom is 0.162 e. The second kappa shape index (κ2) is 8.56. The Balaban J connectivity index is 2.82. The van der Waals surface area contributed by atoms with Gasteiger partial charge in [-0.15, -0.1) is 19.3 Å². The lowest BCUT2D eigenvalue weighted by atomic mass is 10.1. The smallest absolute Gasteiger partial charge is 0.162 e. The monoisotopic (exact) mass is 283 g/mol. The van der Waals surface area contributed by atoms with Crippen LogP contribution in [0.5, 0.6) is 11.5 Å². The first-order valence-corrected chi connectivity index (χ1v) is 6.28. The third kappa shape index (κ3) is 5.13. The number of nitrogens with zero attached hydrogens (tertiary/aromatic N) is 1. The van der Waals surface area contributed by atoms with Gasteiger partial charge in [0, 0.05) is 6.54 Å². The Kier molecular flexibility index (Phi) is 6.72. The van der Waals surface area contributed by atoms with Gasteiger partial charge >= 0.3 is 0 Å². The van der Waals surface area contributed by atoms with Gasteiger partial charge in [0.25, 0.3) is 0 Å². The molecule has 0 aromatic heterocycles. The van der Waals surface area contributed by atoms with Gasteiger partial charge in [-0.2, -0.15) is 0 Å². The molecule has 0 fully saturated rings. The quantitative estimate of drug-likeness (QED) is 0.733. The van der Waals surface area contributed by atoms with E-state index in [9.17, 15) is 10.2 Å². The summed E-state index contributed by atoms with van der Waals surface area (Å²) < 4.78 is 5.20. The fraction of sp³-hybridized carbons (Fsp3) is 0.294. The second-order valence-electron chi connectivity index (χ2n) is 4.31. The Morgan fingerprint density at radius 3 is 2.38 bits per heavy atom. The number of benzene rings is 1. The van der Waals surface area contributed by atoms with Crippen LogP contribution < -0.4 is 4.74 Å². The van der Waals surface area contributed by atoms with E-state index < -0.39 is 6.10 Å².